The Morgan fingerprint density at radius 3 is 2.41 bits per heavy atom. The van der Waals surface area contributed by atoms with Gasteiger partial charge < -0.3 is 4.74 Å². The van der Waals surface area contributed by atoms with Crippen LogP contribution in [0.4, 0.5) is 14.5 Å². The van der Waals surface area contributed by atoms with Gasteiger partial charge in [0.2, 0.25) is 5.91 Å². The molecule has 0 N–H and O–H groups in total. The maximum Gasteiger partial charge on any atom is 0.387 e. The van der Waals surface area contributed by atoms with E-state index in [2.05, 4.69) is 4.74 Å². The van der Waals surface area contributed by atoms with Crippen molar-refractivity contribution >= 4 is 23.4 Å². The number of benzene rings is 2. The summed E-state index contributed by atoms with van der Waals surface area (Å²) in [6.45, 7) is -2.84. The number of hydrogen-bond donors (Lipinski definition) is 0. The highest BCUT2D eigenvalue weighted by atomic mass is 32.2. The monoisotopic (exact) mass is 321 g/mol. The van der Waals surface area contributed by atoms with Crippen LogP contribution in [-0.2, 0) is 4.79 Å². The van der Waals surface area contributed by atoms with Crippen LogP contribution in [0.2, 0.25) is 0 Å². The number of carbonyl (C=O) groups excluding carboxylic acids is 1. The van der Waals surface area contributed by atoms with E-state index in [-0.39, 0.29) is 17.0 Å². The molecule has 0 aliphatic carbocycles. The fourth-order valence-electron chi connectivity index (χ4n) is 2.35. The van der Waals surface area contributed by atoms with Crippen molar-refractivity contribution in [1.82, 2.24) is 0 Å². The molecule has 0 aromatic heterocycles. The first kappa shape index (κ1) is 14.8. The summed E-state index contributed by atoms with van der Waals surface area (Å²) in [5, 5.41) is -0.157. The van der Waals surface area contributed by atoms with E-state index in [1.165, 1.54) is 23.9 Å². The third-order valence-corrected chi connectivity index (χ3v) is 4.51. The Morgan fingerprint density at radius 2 is 1.77 bits per heavy atom. The molecule has 1 atom stereocenters. The minimum Gasteiger partial charge on any atom is -0.435 e. The van der Waals surface area contributed by atoms with Crippen molar-refractivity contribution in [3.63, 3.8) is 0 Å². The van der Waals surface area contributed by atoms with Gasteiger partial charge in [-0.25, -0.2) is 0 Å². The van der Waals surface area contributed by atoms with E-state index in [9.17, 15) is 13.6 Å². The summed E-state index contributed by atoms with van der Waals surface area (Å²) < 4.78 is 28.7. The van der Waals surface area contributed by atoms with Crippen LogP contribution in [0.1, 0.15) is 10.9 Å². The molecule has 6 heteroatoms. The Labute approximate surface area is 130 Å². The molecule has 22 heavy (non-hydrogen) atoms. The number of nitrogens with zero attached hydrogens (tertiary/aromatic N) is 1. The second kappa shape index (κ2) is 6.36. The highest BCUT2D eigenvalue weighted by Gasteiger charge is 2.33. The van der Waals surface area contributed by atoms with E-state index >= 15 is 0 Å². The molecule has 0 spiro atoms. The number of carbonyl (C=O) groups is 1. The largest absolute Gasteiger partial charge is 0.435 e. The second-order valence-corrected chi connectivity index (χ2v) is 5.78. The highest BCUT2D eigenvalue weighted by molar-refractivity contribution is 8.00. The van der Waals surface area contributed by atoms with Crippen LogP contribution in [0.5, 0.6) is 5.75 Å². The normalized spacial score (nSPS) is 18.0. The lowest BCUT2D eigenvalue weighted by atomic mass is 10.2. The molecule has 1 amide bonds. The summed E-state index contributed by atoms with van der Waals surface area (Å²) in [7, 11) is 0. The van der Waals surface area contributed by atoms with Gasteiger partial charge in [-0.15, -0.1) is 11.8 Å². The topological polar surface area (TPSA) is 29.5 Å². The van der Waals surface area contributed by atoms with Gasteiger partial charge in [0.1, 0.15) is 11.1 Å². The predicted octanol–water partition coefficient (Wildman–Crippen LogP) is 4.07. The van der Waals surface area contributed by atoms with Crippen molar-refractivity contribution in [2.45, 2.75) is 12.0 Å². The van der Waals surface area contributed by atoms with E-state index in [1.807, 2.05) is 30.3 Å². The average molecular weight is 321 g/mol. The molecule has 1 heterocycles. The molecule has 1 aliphatic rings. The van der Waals surface area contributed by atoms with Crippen LogP contribution in [0.3, 0.4) is 0 Å². The van der Waals surface area contributed by atoms with Crippen LogP contribution in [0, 0.1) is 0 Å². The standard InChI is InChI=1S/C16H13F2NO2S/c17-16(18)21-13-8-6-11(7-9-13)15-19(14(20)10-22-15)12-4-2-1-3-5-12/h1-9,15-16H,10H2/t15-/m1/s1. The predicted molar refractivity (Wildman–Crippen MR) is 82.2 cm³/mol. The van der Waals surface area contributed by atoms with Gasteiger partial charge >= 0.3 is 6.61 Å². The van der Waals surface area contributed by atoms with Gasteiger partial charge in [0.15, 0.2) is 0 Å². The van der Waals surface area contributed by atoms with Gasteiger partial charge in [0.25, 0.3) is 0 Å². The van der Waals surface area contributed by atoms with Gasteiger partial charge in [0.05, 0.1) is 5.75 Å². The fraction of sp³-hybridized carbons (Fsp3) is 0.188. The Hall–Kier alpha value is -2.08. The zero-order valence-corrected chi connectivity index (χ0v) is 12.3. The van der Waals surface area contributed by atoms with E-state index in [1.54, 1.807) is 17.0 Å². The summed E-state index contributed by atoms with van der Waals surface area (Å²) >= 11 is 1.51. The van der Waals surface area contributed by atoms with Crippen molar-refractivity contribution in [2.75, 3.05) is 10.7 Å². The van der Waals surface area contributed by atoms with Crippen LogP contribution in [0.25, 0.3) is 0 Å². The molecule has 1 fully saturated rings. The maximum absolute atomic E-state index is 12.2. The number of halogens is 2. The summed E-state index contributed by atoms with van der Waals surface area (Å²) in [5.74, 6) is 0.544. The SMILES string of the molecule is O=C1CS[C@H](c2ccc(OC(F)F)cc2)N1c1ccccc1. The Kier molecular flexibility index (Phi) is 4.29. The molecule has 0 radical (unpaired) electrons. The third kappa shape index (κ3) is 3.06. The van der Waals surface area contributed by atoms with Crippen molar-refractivity contribution < 1.29 is 18.3 Å². The lowest BCUT2D eigenvalue weighted by molar-refractivity contribution is -0.115. The number of amides is 1. The Morgan fingerprint density at radius 1 is 1.09 bits per heavy atom. The molecule has 2 aromatic carbocycles. The maximum atomic E-state index is 12.2. The van der Waals surface area contributed by atoms with Crippen LogP contribution in [-0.4, -0.2) is 18.3 Å². The molecule has 114 valence electrons. The van der Waals surface area contributed by atoms with Gasteiger partial charge in [0, 0.05) is 5.69 Å². The first-order valence-corrected chi connectivity index (χ1v) is 7.73. The van der Waals surface area contributed by atoms with Gasteiger partial charge in [-0.3, -0.25) is 9.69 Å². The quantitative estimate of drug-likeness (QED) is 0.850. The zero-order valence-electron chi connectivity index (χ0n) is 11.5. The van der Waals surface area contributed by atoms with E-state index in [4.69, 9.17) is 0 Å². The molecule has 0 saturated carbocycles. The molecular formula is C16H13F2NO2S. The fourth-order valence-corrected chi connectivity index (χ4v) is 3.53. The molecule has 3 rings (SSSR count). The number of anilines is 1. The Bertz CT molecular complexity index is 649. The summed E-state index contributed by atoms with van der Waals surface area (Å²) in [5.41, 5.74) is 1.71. The summed E-state index contributed by atoms with van der Waals surface area (Å²) in [6.07, 6.45) is 0. The first-order valence-electron chi connectivity index (χ1n) is 6.68. The molecule has 1 aliphatic heterocycles. The zero-order chi connectivity index (χ0) is 15.5. The number of thioether (sulfide) groups is 1. The number of alkyl halides is 2. The van der Waals surface area contributed by atoms with E-state index in [0.29, 0.717) is 5.75 Å². The van der Waals surface area contributed by atoms with Crippen LogP contribution >= 0.6 is 11.8 Å². The van der Waals surface area contributed by atoms with E-state index < -0.39 is 6.61 Å². The Balaban J connectivity index is 1.85. The average Bonchev–Trinajstić information content (AvgIpc) is 2.90. The minimum absolute atomic E-state index is 0.0362. The number of para-hydroxylation sites is 1. The first-order chi connectivity index (χ1) is 10.6. The molecule has 0 bridgehead atoms. The van der Waals surface area contributed by atoms with E-state index in [0.717, 1.165) is 11.3 Å². The number of rotatable bonds is 4. The van der Waals surface area contributed by atoms with Crippen molar-refractivity contribution in [3.05, 3.63) is 60.2 Å². The molecule has 3 nitrogen and oxygen atoms in total. The number of ether oxygens (including phenoxy) is 1. The highest BCUT2D eigenvalue weighted by Crippen LogP contribution is 2.41. The number of hydrogen-bond acceptors (Lipinski definition) is 3. The van der Waals surface area contributed by atoms with Gasteiger partial charge in [-0.2, -0.15) is 8.78 Å². The van der Waals surface area contributed by atoms with Crippen molar-refractivity contribution in [1.29, 1.82) is 0 Å². The lowest BCUT2D eigenvalue weighted by Crippen LogP contribution is -2.27. The molecule has 2 aromatic rings. The molecule has 1 saturated heterocycles. The summed E-state index contributed by atoms with van der Waals surface area (Å²) in [6, 6.07) is 15.8. The molecule has 0 unspecified atom stereocenters. The lowest BCUT2D eigenvalue weighted by Gasteiger charge is -2.24. The third-order valence-electron chi connectivity index (χ3n) is 3.29. The van der Waals surface area contributed by atoms with Crippen molar-refractivity contribution in [2.24, 2.45) is 0 Å². The van der Waals surface area contributed by atoms with Crippen molar-refractivity contribution in [3.8, 4) is 5.75 Å². The minimum atomic E-state index is -2.84. The van der Waals surface area contributed by atoms with Gasteiger partial charge in [-0.05, 0) is 29.8 Å². The molecular weight excluding hydrogens is 308 g/mol. The summed E-state index contributed by atoms with van der Waals surface area (Å²) in [4.78, 5) is 13.9. The second-order valence-electron chi connectivity index (χ2n) is 4.71. The smallest absolute Gasteiger partial charge is 0.387 e. The van der Waals surface area contributed by atoms with Crippen LogP contribution in [0.15, 0.2) is 54.6 Å². The van der Waals surface area contributed by atoms with Gasteiger partial charge in [-0.1, -0.05) is 30.3 Å². The van der Waals surface area contributed by atoms with Crippen LogP contribution < -0.4 is 9.64 Å².